The summed E-state index contributed by atoms with van der Waals surface area (Å²) in [6.07, 6.45) is 1.82. The summed E-state index contributed by atoms with van der Waals surface area (Å²) >= 11 is 0. The molecule has 0 aliphatic carbocycles. The number of hydrogen-bond donors (Lipinski definition) is 1. The summed E-state index contributed by atoms with van der Waals surface area (Å²) in [5.41, 5.74) is 0.736. The molecule has 3 rings (SSSR count). The highest BCUT2D eigenvalue weighted by Crippen LogP contribution is 2.25. The van der Waals surface area contributed by atoms with Gasteiger partial charge in [0.25, 0.3) is 0 Å². The van der Waals surface area contributed by atoms with E-state index in [9.17, 15) is 9.50 Å². The summed E-state index contributed by atoms with van der Waals surface area (Å²) in [7, 11) is 0. The molecule has 1 N–H and O–H groups in total. The zero-order valence-corrected chi connectivity index (χ0v) is 11.7. The lowest BCUT2D eigenvalue weighted by Gasteiger charge is -2.32. The van der Waals surface area contributed by atoms with Crippen molar-refractivity contribution in [2.45, 2.75) is 32.4 Å². The predicted molar refractivity (Wildman–Crippen MR) is 75.9 cm³/mol. The Kier molecular flexibility index (Phi) is 3.76. The maximum Gasteiger partial charge on any atom is 0.134 e. The van der Waals surface area contributed by atoms with Crippen LogP contribution in [0.2, 0.25) is 0 Å². The van der Waals surface area contributed by atoms with Crippen LogP contribution >= 0.6 is 0 Å². The highest BCUT2D eigenvalue weighted by Gasteiger charge is 2.23. The van der Waals surface area contributed by atoms with E-state index in [4.69, 9.17) is 4.42 Å². The molecule has 0 bridgehead atoms. The zero-order valence-electron chi connectivity index (χ0n) is 11.7. The van der Waals surface area contributed by atoms with Gasteiger partial charge in [0, 0.05) is 5.39 Å². The molecule has 1 fully saturated rings. The fraction of sp³-hybridized carbons (Fsp3) is 0.500. The van der Waals surface area contributed by atoms with E-state index in [2.05, 4.69) is 4.90 Å². The first-order chi connectivity index (χ1) is 9.61. The van der Waals surface area contributed by atoms with Gasteiger partial charge < -0.3 is 9.52 Å². The minimum absolute atomic E-state index is 0.216. The van der Waals surface area contributed by atoms with Crippen LogP contribution in [0.3, 0.4) is 0 Å². The van der Waals surface area contributed by atoms with Crippen LogP contribution in [-0.2, 0) is 6.54 Å². The number of nitrogens with zero attached hydrogens (tertiary/aromatic N) is 1. The van der Waals surface area contributed by atoms with E-state index < -0.39 is 0 Å². The molecule has 4 heteroatoms. The summed E-state index contributed by atoms with van der Waals surface area (Å²) < 4.78 is 18.9. The van der Waals surface area contributed by atoms with Gasteiger partial charge in [0.2, 0.25) is 0 Å². The molecule has 1 aliphatic heterocycles. The Morgan fingerprint density at radius 1 is 1.35 bits per heavy atom. The second-order valence-corrected chi connectivity index (χ2v) is 5.75. The van der Waals surface area contributed by atoms with Crippen molar-refractivity contribution in [3.8, 4) is 0 Å². The first-order valence-corrected chi connectivity index (χ1v) is 7.20. The quantitative estimate of drug-likeness (QED) is 0.936. The number of fused-ring (bicyclic) bond motifs is 1. The maximum absolute atomic E-state index is 13.1. The van der Waals surface area contributed by atoms with Crippen molar-refractivity contribution in [3.63, 3.8) is 0 Å². The molecule has 1 aliphatic rings. The lowest BCUT2D eigenvalue weighted by Crippen LogP contribution is -2.36. The van der Waals surface area contributed by atoms with Crippen molar-refractivity contribution in [1.82, 2.24) is 4.90 Å². The van der Waals surface area contributed by atoms with E-state index in [1.807, 2.05) is 13.0 Å². The first kappa shape index (κ1) is 13.6. The number of halogens is 1. The van der Waals surface area contributed by atoms with Crippen molar-refractivity contribution in [3.05, 3.63) is 35.8 Å². The van der Waals surface area contributed by atoms with Crippen molar-refractivity contribution in [2.75, 3.05) is 13.1 Å². The SMILES string of the molecule is CC(O)C1CCN(Cc2cc3cc(F)ccc3o2)CC1. The van der Waals surface area contributed by atoms with Crippen LogP contribution < -0.4 is 0 Å². The monoisotopic (exact) mass is 277 g/mol. The molecule has 0 saturated carbocycles. The molecule has 2 aromatic rings. The van der Waals surface area contributed by atoms with E-state index >= 15 is 0 Å². The van der Waals surface area contributed by atoms with Gasteiger partial charge in [0.05, 0.1) is 12.6 Å². The minimum atomic E-state index is -0.234. The molecule has 108 valence electrons. The van der Waals surface area contributed by atoms with Crippen molar-refractivity contribution < 1.29 is 13.9 Å². The molecule has 1 aromatic carbocycles. The van der Waals surface area contributed by atoms with Gasteiger partial charge in [-0.3, -0.25) is 4.90 Å². The van der Waals surface area contributed by atoms with Gasteiger partial charge in [-0.25, -0.2) is 4.39 Å². The number of benzene rings is 1. The largest absolute Gasteiger partial charge is 0.460 e. The van der Waals surface area contributed by atoms with Crippen LogP contribution in [0.5, 0.6) is 0 Å². The number of furan rings is 1. The maximum atomic E-state index is 13.1. The van der Waals surface area contributed by atoms with Crippen molar-refractivity contribution >= 4 is 11.0 Å². The van der Waals surface area contributed by atoms with Gasteiger partial charge >= 0.3 is 0 Å². The average molecular weight is 277 g/mol. The Hall–Kier alpha value is -1.39. The van der Waals surface area contributed by atoms with E-state index in [0.717, 1.165) is 49.2 Å². The predicted octanol–water partition coefficient (Wildman–Crippen LogP) is 3.16. The number of likely N-dealkylation sites (tertiary alicyclic amines) is 1. The van der Waals surface area contributed by atoms with Gasteiger partial charge in [0.15, 0.2) is 0 Å². The Morgan fingerprint density at radius 3 is 2.80 bits per heavy atom. The van der Waals surface area contributed by atoms with Crippen molar-refractivity contribution in [2.24, 2.45) is 5.92 Å². The van der Waals surface area contributed by atoms with Crippen LogP contribution in [0.1, 0.15) is 25.5 Å². The van der Waals surface area contributed by atoms with Crippen LogP contribution in [0, 0.1) is 11.7 Å². The van der Waals surface area contributed by atoms with Crippen molar-refractivity contribution in [1.29, 1.82) is 0 Å². The number of rotatable bonds is 3. The molecule has 3 nitrogen and oxygen atoms in total. The molecule has 0 amide bonds. The Bertz CT molecular complexity index is 585. The third-order valence-corrected chi connectivity index (χ3v) is 4.22. The topological polar surface area (TPSA) is 36.6 Å². The molecule has 20 heavy (non-hydrogen) atoms. The molecule has 0 radical (unpaired) electrons. The highest BCUT2D eigenvalue weighted by molar-refractivity contribution is 5.77. The average Bonchev–Trinajstić information content (AvgIpc) is 2.80. The molecule has 0 spiro atoms. The second-order valence-electron chi connectivity index (χ2n) is 5.75. The van der Waals surface area contributed by atoms with E-state index in [1.165, 1.54) is 12.1 Å². The van der Waals surface area contributed by atoms with Crippen LogP contribution in [0.15, 0.2) is 28.7 Å². The number of aliphatic hydroxyl groups excluding tert-OH is 1. The lowest BCUT2D eigenvalue weighted by atomic mass is 9.92. The third kappa shape index (κ3) is 2.86. The van der Waals surface area contributed by atoms with Gasteiger partial charge in [0.1, 0.15) is 17.2 Å². The lowest BCUT2D eigenvalue weighted by molar-refractivity contribution is 0.0675. The summed E-state index contributed by atoms with van der Waals surface area (Å²) in [6.45, 7) is 4.57. The standard InChI is InChI=1S/C16H20FNO2/c1-11(19)12-4-6-18(7-5-12)10-15-9-13-8-14(17)2-3-16(13)20-15/h2-3,8-9,11-12,19H,4-7,10H2,1H3. The minimum Gasteiger partial charge on any atom is -0.460 e. The smallest absolute Gasteiger partial charge is 0.134 e. The summed E-state index contributed by atoms with van der Waals surface area (Å²) in [6, 6.07) is 6.51. The van der Waals surface area contributed by atoms with Gasteiger partial charge in [-0.2, -0.15) is 0 Å². The molecule has 2 heterocycles. The number of aliphatic hydroxyl groups is 1. The molecular weight excluding hydrogens is 257 g/mol. The van der Waals surface area contributed by atoms with Crippen LogP contribution in [0.25, 0.3) is 11.0 Å². The fourth-order valence-corrected chi connectivity index (χ4v) is 2.96. The summed E-state index contributed by atoms with van der Waals surface area (Å²) in [4.78, 5) is 2.33. The Labute approximate surface area is 118 Å². The summed E-state index contributed by atoms with van der Waals surface area (Å²) in [5.74, 6) is 1.06. The van der Waals surface area contributed by atoms with Crippen LogP contribution in [-0.4, -0.2) is 29.2 Å². The van der Waals surface area contributed by atoms with E-state index in [0.29, 0.717) is 5.92 Å². The van der Waals surface area contributed by atoms with Gasteiger partial charge in [-0.15, -0.1) is 0 Å². The van der Waals surface area contributed by atoms with E-state index in [1.54, 1.807) is 6.07 Å². The van der Waals surface area contributed by atoms with Crippen LogP contribution in [0.4, 0.5) is 4.39 Å². The van der Waals surface area contributed by atoms with E-state index in [-0.39, 0.29) is 11.9 Å². The molecular formula is C16H20FNO2. The van der Waals surface area contributed by atoms with Gasteiger partial charge in [-0.1, -0.05) is 0 Å². The Morgan fingerprint density at radius 2 is 2.10 bits per heavy atom. The Balaban J connectivity index is 1.65. The summed E-state index contributed by atoms with van der Waals surface area (Å²) in [5, 5.41) is 10.4. The number of hydrogen-bond acceptors (Lipinski definition) is 3. The van der Waals surface area contributed by atoms with Gasteiger partial charge in [-0.05, 0) is 63.0 Å². The normalized spacial score (nSPS) is 19.6. The zero-order chi connectivity index (χ0) is 14.1. The number of piperidine rings is 1. The fourth-order valence-electron chi connectivity index (χ4n) is 2.96. The highest BCUT2D eigenvalue weighted by atomic mass is 19.1. The molecule has 1 saturated heterocycles. The third-order valence-electron chi connectivity index (χ3n) is 4.22. The first-order valence-electron chi connectivity index (χ1n) is 7.20. The molecule has 1 unspecified atom stereocenters. The second kappa shape index (κ2) is 5.54. The molecule has 1 atom stereocenters. The molecule has 1 aromatic heterocycles.